The van der Waals surface area contributed by atoms with Gasteiger partial charge in [-0.3, -0.25) is 0 Å². The predicted octanol–water partition coefficient (Wildman–Crippen LogP) is 2.37. The first kappa shape index (κ1) is 12.7. The number of rotatable bonds is 6. The highest BCUT2D eigenvalue weighted by molar-refractivity contribution is 4.88. The van der Waals surface area contributed by atoms with Gasteiger partial charge in [-0.25, -0.2) is 0 Å². The number of nitrogens with zero attached hydrogens (tertiary/aromatic N) is 2. The number of likely N-dealkylation sites (N-methyl/N-ethyl adjacent to an activating group) is 1. The second-order valence-corrected chi connectivity index (χ2v) is 4.91. The summed E-state index contributed by atoms with van der Waals surface area (Å²) in [4.78, 5) is 5.02. The SMILES string of the molecule is C=C(C)CCN(C)CCN1CCCCC1. The second kappa shape index (κ2) is 7.02. The molecule has 0 unspecified atom stereocenters. The molecule has 1 fully saturated rings. The van der Waals surface area contributed by atoms with Gasteiger partial charge < -0.3 is 9.80 Å². The van der Waals surface area contributed by atoms with Gasteiger partial charge in [0.2, 0.25) is 0 Å². The molecule has 1 aliphatic rings. The van der Waals surface area contributed by atoms with Crippen molar-refractivity contribution in [2.75, 3.05) is 39.8 Å². The zero-order valence-corrected chi connectivity index (χ0v) is 10.5. The van der Waals surface area contributed by atoms with Crippen LogP contribution in [0.25, 0.3) is 0 Å². The minimum Gasteiger partial charge on any atom is -0.305 e. The Morgan fingerprint density at radius 2 is 1.87 bits per heavy atom. The second-order valence-electron chi connectivity index (χ2n) is 4.91. The molecule has 15 heavy (non-hydrogen) atoms. The molecule has 0 aliphatic carbocycles. The molecular formula is C13H26N2. The first-order valence-electron chi connectivity index (χ1n) is 6.24. The standard InChI is InChI=1S/C13H26N2/c1-13(2)7-10-14(3)11-12-15-8-5-4-6-9-15/h1,4-12H2,2-3H3. The molecule has 0 aromatic rings. The van der Waals surface area contributed by atoms with E-state index in [1.165, 1.54) is 51.0 Å². The van der Waals surface area contributed by atoms with Crippen LogP contribution in [0.2, 0.25) is 0 Å². The third kappa shape index (κ3) is 5.95. The van der Waals surface area contributed by atoms with Gasteiger partial charge in [0.1, 0.15) is 0 Å². The molecule has 0 atom stereocenters. The molecule has 0 spiro atoms. The Balaban J connectivity index is 2.04. The van der Waals surface area contributed by atoms with Crippen LogP contribution < -0.4 is 0 Å². The molecule has 0 amide bonds. The molecule has 1 rings (SSSR count). The Morgan fingerprint density at radius 3 is 2.47 bits per heavy atom. The minimum atomic E-state index is 1.14. The molecular weight excluding hydrogens is 184 g/mol. The molecule has 0 N–H and O–H groups in total. The lowest BCUT2D eigenvalue weighted by molar-refractivity contribution is 0.197. The molecule has 0 saturated carbocycles. The summed E-state index contributed by atoms with van der Waals surface area (Å²) in [5.74, 6) is 0. The minimum absolute atomic E-state index is 1.14. The predicted molar refractivity (Wildman–Crippen MR) is 67.2 cm³/mol. The van der Waals surface area contributed by atoms with Gasteiger partial charge in [-0.2, -0.15) is 0 Å². The van der Waals surface area contributed by atoms with E-state index >= 15 is 0 Å². The van der Waals surface area contributed by atoms with E-state index in [-0.39, 0.29) is 0 Å². The smallest absolute Gasteiger partial charge is 0.0109 e. The van der Waals surface area contributed by atoms with Crippen LogP contribution in [0, 0.1) is 0 Å². The summed E-state index contributed by atoms with van der Waals surface area (Å²) < 4.78 is 0. The number of likely N-dealkylation sites (tertiary alicyclic amines) is 1. The van der Waals surface area contributed by atoms with Gasteiger partial charge in [0.05, 0.1) is 0 Å². The molecule has 0 aromatic carbocycles. The first-order valence-corrected chi connectivity index (χ1v) is 6.24. The molecule has 0 bridgehead atoms. The average molecular weight is 210 g/mol. The van der Waals surface area contributed by atoms with E-state index in [0.717, 1.165) is 13.0 Å². The lowest BCUT2D eigenvalue weighted by atomic mass is 10.1. The van der Waals surface area contributed by atoms with Crippen LogP contribution >= 0.6 is 0 Å². The Labute approximate surface area is 94.9 Å². The Bertz CT molecular complexity index is 183. The molecule has 2 nitrogen and oxygen atoms in total. The van der Waals surface area contributed by atoms with Crippen LogP contribution in [0.4, 0.5) is 0 Å². The Hall–Kier alpha value is -0.340. The lowest BCUT2D eigenvalue weighted by Gasteiger charge is -2.28. The Kier molecular flexibility index (Phi) is 5.96. The van der Waals surface area contributed by atoms with Gasteiger partial charge in [-0.15, -0.1) is 6.58 Å². The van der Waals surface area contributed by atoms with E-state index in [0.29, 0.717) is 0 Å². The fraction of sp³-hybridized carbons (Fsp3) is 0.846. The Morgan fingerprint density at radius 1 is 1.20 bits per heavy atom. The summed E-state index contributed by atoms with van der Waals surface area (Å²) >= 11 is 0. The van der Waals surface area contributed by atoms with Crippen LogP contribution in [-0.4, -0.2) is 49.6 Å². The molecule has 88 valence electrons. The van der Waals surface area contributed by atoms with Crippen LogP contribution in [0.3, 0.4) is 0 Å². The van der Waals surface area contributed by atoms with Gasteiger partial charge in [0, 0.05) is 19.6 Å². The fourth-order valence-corrected chi connectivity index (χ4v) is 1.99. The van der Waals surface area contributed by atoms with Crippen LogP contribution in [0.15, 0.2) is 12.2 Å². The summed E-state index contributed by atoms with van der Waals surface area (Å²) in [5.41, 5.74) is 1.29. The molecule has 0 aromatic heterocycles. The zero-order valence-electron chi connectivity index (χ0n) is 10.5. The number of hydrogen-bond donors (Lipinski definition) is 0. The maximum atomic E-state index is 3.94. The first-order chi connectivity index (χ1) is 7.18. The third-order valence-electron chi connectivity index (χ3n) is 3.17. The fourth-order valence-electron chi connectivity index (χ4n) is 1.99. The zero-order chi connectivity index (χ0) is 11.1. The highest BCUT2D eigenvalue weighted by Crippen LogP contribution is 2.08. The monoisotopic (exact) mass is 210 g/mol. The van der Waals surface area contributed by atoms with Crippen molar-refractivity contribution in [1.29, 1.82) is 0 Å². The molecule has 0 radical (unpaired) electrons. The summed E-state index contributed by atoms with van der Waals surface area (Å²) in [5, 5.41) is 0. The van der Waals surface area contributed by atoms with Gasteiger partial charge in [0.15, 0.2) is 0 Å². The highest BCUT2D eigenvalue weighted by Gasteiger charge is 2.10. The molecule has 1 aliphatic heterocycles. The van der Waals surface area contributed by atoms with E-state index in [1.54, 1.807) is 0 Å². The maximum absolute atomic E-state index is 3.94. The molecule has 1 heterocycles. The van der Waals surface area contributed by atoms with Crippen molar-refractivity contribution in [3.8, 4) is 0 Å². The topological polar surface area (TPSA) is 6.48 Å². The van der Waals surface area contributed by atoms with Crippen LogP contribution in [-0.2, 0) is 0 Å². The third-order valence-corrected chi connectivity index (χ3v) is 3.17. The van der Waals surface area contributed by atoms with E-state index in [2.05, 4.69) is 30.4 Å². The maximum Gasteiger partial charge on any atom is 0.0109 e. The van der Waals surface area contributed by atoms with Crippen LogP contribution in [0.1, 0.15) is 32.6 Å². The summed E-state index contributed by atoms with van der Waals surface area (Å²) in [6.45, 7) is 12.3. The van der Waals surface area contributed by atoms with E-state index in [9.17, 15) is 0 Å². The van der Waals surface area contributed by atoms with E-state index in [4.69, 9.17) is 0 Å². The van der Waals surface area contributed by atoms with Gasteiger partial charge in [-0.1, -0.05) is 12.0 Å². The van der Waals surface area contributed by atoms with Gasteiger partial charge >= 0.3 is 0 Å². The van der Waals surface area contributed by atoms with E-state index < -0.39 is 0 Å². The molecule has 2 heteroatoms. The number of hydrogen-bond acceptors (Lipinski definition) is 2. The lowest BCUT2D eigenvalue weighted by Crippen LogP contribution is -2.36. The van der Waals surface area contributed by atoms with Crippen molar-refractivity contribution in [1.82, 2.24) is 9.80 Å². The quantitative estimate of drug-likeness (QED) is 0.621. The highest BCUT2D eigenvalue weighted by atomic mass is 15.2. The van der Waals surface area contributed by atoms with Crippen molar-refractivity contribution < 1.29 is 0 Å². The normalized spacial score (nSPS) is 18.3. The van der Waals surface area contributed by atoms with E-state index in [1.807, 2.05) is 0 Å². The summed E-state index contributed by atoms with van der Waals surface area (Å²) in [6, 6.07) is 0. The molecule has 1 saturated heterocycles. The summed E-state index contributed by atoms with van der Waals surface area (Å²) in [7, 11) is 2.22. The van der Waals surface area contributed by atoms with Gasteiger partial charge in [0.25, 0.3) is 0 Å². The van der Waals surface area contributed by atoms with Crippen molar-refractivity contribution in [3.05, 3.63) is 12.2 Å². The largest absolute Gasteiger partial charge is 0.305 e. The van der Waals surface area contributed by atoms with Crippen molar-refractivity contribution in [2.24, 2.45) is 0 Å². The van der Waals surface area contributed by atoms with Crippen molar-refractivity contribution in [3.63, 3.8) is 0 Å². The van der Waals surface area contributed by atoms with Crippen molar-refractivity contribution >= 4 is 0 Å². The summed E-state index contributed by atoms with van der Waals surface area (Å²) in [6.07, 6.45) is 5.36. The van der Waals surface area contributed by atoms with Crippen molar-refractivity contribution in [2.45, 2.75) is 32.6 Å². The number of piperidine rings is 1. The van der Waals surface area contributed by atoms with Gasteiger partial charge in [-0.05, 0) is 46.3 Å². The average Bonchev–Trinajstić information content (AvgIpc) is 2.25. The van der Waals surface area contributed by atoms with Crippen LogP contribution in [0.5, 0.6) is 0 Å².